The second-order valence-electron chi connectivity index (χ2n) is 8.13. The number of nitrogens with zero attached hydrogens (tertiary/aromatic N) is 2. The largest absolute Gasteiger partial charge is 0.507 e. The van der Waals surface area contributed by atoms with Gasteiger partial charge in [0.15, 0.2) is 0 Å². The fourth-order valence-corrected chi connectivity index (χ4v) is 4.05. The summed E-state index contributed by atoms with van der Waals surface area (Å²) in [5.74, 6) is -1.01. The molecule has 3 aromatic rings. The summed E-state index contributed by atoms with van der Waals surface area (Å²) in [6.45, 7) is 0.250. The molecule has 3 aromatic carbocycles. The Morgan fingerprint density at radius 1 is 0.970 bits per heavy atom. The van der Waals surface area contributed by atoms with Crippen LogP contribution in [-0.4, -0.2) is 42.9 Å². The van der Waals surface area contributed by atoms with Gasteiger partial charge >= 0.3 is 0 Å². The fraction of sp³-hybridized carbons (Fsp3) is 0.185. The molecule has 4 rings (SSSR count). The first kappa shape index (κ1) is 22.1. The van der Waals surface area contributed by atoms with Crippen LogP contribution in [0.5, 0.6) is 5.75 Å². The Bertz CT molecular complexity index is 1200. The SMILES string of the molecule is COc1cccc(/C(O)=C2\C(=O)C(=O)N(Cc3ccccc3)C2c2ccc(N(C)C)cc2)c1. The fourth-order valence-electron chi connectivity index (χ4n) is 4.05. The Kier molecular flexibility index (Phi) is 6.18. The highest BCUT2D eigenvalue weighted by Gasteiger charge is 2.46. The third-order valence-corrected chi connectivity index (χ3v) is 5.80. The number of ether oxygens (including phenoxy) is 1. The monoisotopic (exact) mass is 442 g/mol. The highest BCUT2D eigenvalue weighted by Crippen LogP contribution is 2.41. The van der Waals surface area contributed by atoms with Gasteiger partial charge in [-0.15, -0.1) is 0 Å². The van der Waals surface area contributed by atoms with Crippen molar-refractivity contribution >= 4 is 23.1 Å². The van der Waals surface area contributed by atoms with Crippen molar-refractivity contribution in [2.24, 2.45) is 0 Å². The number of aliphatic hydroxyl groups excluding tert-OH is 1. The van der Waals surface area contributed by atoms with Gasteiger partial charge in [-0.25, -0.2) is 0 Å². The minimum atomic E-state index is -0.715. The lowest BCUT2D eigenvalue weighted by Gasteiger charge is -2.26. The van der Waals surface area contributed by atoms with Gasteiger partial charge in [-0.05, 0) is 35.4 Å². The van der Waals surface area contributed by atoms with Gasteiger partial charge in [0.05, 0.1) is 18.7 Å². The van der Waals surface area contributed by atoms with Crippen LogP contribution in [0.2, 0.25) is 0 Å². The van der Waals surface area contributed by atoms with Gasteiger partial charge in [-0.3, -0.25) is 9.59 Å². The molecule has 1 N–H and O–H groups in total. The second-order valence-corrected chi connectivity index (χ2v) is 8.13. The molecule has 168 valence electrons. The number of ketones is 1. The van der Waals surface area contributed by atoms with Crippen molar-refractivity contribution in [1.29, 1.82) is 0 Å². The first-order chi connectivity index (χ1) is 15.9. The molecule has 0 aromatic heterocycles. The summed E-state index contributed by atoms with van der Waals surface area (Å²) >= 11 is 0. The molecule has 6 heteroatoms. The standard InChI is InChI=1S/C27H26N2O4/c1-28(2)21-14-12-19(13-15-21)24-23(25(30)20-10-7-11-22(16-20)33-3)26(31)27(32)29(24)17-18-8-5-4-6-9-18/h4-16,24,30H,17H2,1-3H3/b25-23+. The number of methoxy groups -OCH3 is 1. The number of carbonyl (C=O) groups is 2. The Hall–Kier alpha value is -4.06. The number of carbonyl (C=O) groups excluding carboxylic acids is 2. The summed E-state index contributed by atoms with van der Waals surface area (Å²) in [5, 5.41) is 11.2. The van der Waals surface area contributed by atoms with Crippen molar-refractivity contribution < 1.29 is 19.4 Å². The Morgan fingerprint density at radius 3 is 2.30 bits per heavy atom. The zero-order valence-corrected chi connectivity index (χ0v) is 18.9. The smallest absolute Gasteiger partial charge is 0.295 e. The van der Waals surface area contributed by atoms with Crippen LogP contribution in [0.15, 0.2) is 84.4 Å². The highest BCUT2D eigenvalue weighted by molar-refractivity contribution is 6.46. The van der Waals surface area contributed by atoms with E-state index in [0.717, 1.165) is 16.8 Å². The van der Waals surface area contributed by atoms with Gasteiger partial charge in [0.2, 0.25) is 0 Å². The van der Waals surface area contributed by atoms with Gasteiger partial charge in [0, 0.05) is 31.9 Å². The molecule has 1 amide bonds. The molecular weight excluding hydrogens is 416 g/mol. The van der Waals surface area contributed by atoms with Crippen LogP contribution >= 0.6 is 0 Å². The van der Waals surface area contributed by atoms with Crippen LogP contribution in [0.1, 0.15) is 22.7 Å². The normalized spacial score (nSPS) is 17.3. The molecule has 0 spiro atoms. The van der Waals surface area contributed by atoms with E-state index in [0.29, 0.717) is 11.3 Å². The topological polar surface area (TPSA) is 70.1 Å². The predicted octanol–water partition coefficient (Wildman–Crippen LogP) is 4.38. The molecule has 33 heavy (non-hydrogen) atoms. The average molecular weight is 443 g/mol. The molecule has 1 aliphatic rings. The molecule has 1 saturated heterocycles. The summed E-state index contributed by atoms with van der Waals surface area (Å²) in [4.78, 5) is 29.8. The number of hydrogen-bond acceptors (Lipinski definition) is 5. The van der Waals surface area contributed by atoms with Gasteiger partial charge < -0.3 is 19.6 Å². The first-order valence-corrected chi connectivity index (χ1v) is 10.6. The van der Waals surface area contributed by atoms with Crippen LogP contribution in [0.25, 0.3) is 5.76 Å². The lowest BCUT2D eigenvalue weighted by molar-refractivity contribution is -0.140. The predicted molar refractivity (Wildman–Crippen MR) is 128 cm³/mol. The summed E-state index contributed by atoms with van der Waals surface area (Å²) in [6, 6.07) is 23.3. The van der Waals surface area contributed by atoms with Crippen LogP contribution in [0.3, 0.4) is 0 Å². The van der Waals surface area contributed by atoms with Crippen molar-refractivity contribution in [2.75, 3.05) is 26.1 Å². The van der Waals surface area contributed by atoms with Crippen molar-refractivity contribution in [2.45, 2.75) is 12.6 Å². The molecule has 0 bridgehead atoms. The van der Waals surface area contributed by atoms with E-state index in [1.54, 1.807) is 24.3 Å². The minimum absolute atomic E-state index is 0.0711. The number of anilines is 1. The number of aliphatic hydroxyl groups is 1. The minimum Gasteiger partial charge on any atom is -0.507 e. The van der Waals surface area contributed by atoms with E-state index in [2.05, 4.69) is 0 Å². The number of Topliss-reactive ketones (excluding diaryl/α,β-unsaturated/α-hetero) is 1. The first-order valence-electron chi connectivity index (χ1n) is 10.6. The number of hydrogen-bond donors (Lipinski definition) is 1. The summed E-state index contributed by atoms with van der Waals surface area (Å²) < 4.78 is 5.26. The van der Waals surface area contributed by atoms with E-state index < -0.39 is 17.7 Å². The van der Waals surface area contributed by atoms with Gasteiger partial charge in [-0.2, -0.15) is 0 Å². The highest BCUT2D eigenvalue weighted by atomic mass is 16.5. The zero-order valence-electron chi connectivity index (χ0n) is 18.9. The van der Waals surface area contributed by atoms with Crippen molar-refractivity contribution in [3.05, 3.63) is 101 Å². The molecule has 1 unspecified atom stereocenters. The molecular formula is C27H26N2O4. The van der Waals surface area contributed by atoms with Crippen LogP contribution in [0, 0.1) is 0 Å². The maximum Gasteiger partial charge on any atom is 0.295 e. The molecule has 0 radical (unpaired) electrons. The third kappa shape index (κ3) is 4.32. The second kappa shape index (κ2) is 9.20. The van der Waals surface area contributed by atoms with E-state index in [1.807, 2.05) is 73.6 Å². The van der Waals surface area contributed by atoms with E-state index >= 15 is 0 Å². The molecule has 0 saturated carbocycles. The van der Waals surface area contributed by atoms with Gasteiger partial charge in [-0.1, -0.05) is 54.6 Å². The maximum absolute atomic E-state index is 13.2. The lowest BCUT2D eigenvalue weighted by atomic mass is 9.95. The molecule has 1 aliphatic heterocycles. The van der Waals surface area contributed by atoms with Crippen LogP contribution in [0.4, 0.5) is 5.69 Å². The van der Waals surface area contributed by atoms with Crippen molar-refractivity contribution in [1.82, 2.24) is 4.90 Å². The average Bonchev–Trinajstić information content (AvgIpc) is 3.09. The summed E-state index contributed by atoms with van der Waals surface area (Å²) in [7, 11) is 5.42. The number of amides is 1. The van der Waals surface area contributed by atoms with Gasteiger partial charge in [0.1, 0.15) is 11.5 Å². The van der Waals surface area contributed by atoms with Crippen LogP contribution < -0.4 is 9.64 Å². The Balaban J connectivity index is 1.85. The molecule has 1 heterocycles. The Labute approximate surface area is 193 Å². The van der Waals surface area contributed by atoms with Crippen molar-refractivity contribution in [3.63, 3.8) is 0 Å². The summed E-state index contributed by atoms with van der Waals surface area (Å²) in [5.41, 5.74) is 3.13. The third-order valence-electron chi connectivity index (χ3n) is 5.80. The van der Waals surface area contributed by atoms with Crippen LogP contribution in [-0.2, 0) is 16.1 Å². The van der Waals surface area contributed by atoms with Gasteiger partial charge in [0.25, 0.3) is 11.7 Å². The van der Waals surface area contributed by atoms with E-state index in [1.165, 1.54) is 12.0 Å². The van der Waals surface area contributed by atoms with E-state index in [4.69, 9.17) is 4.74 Å². The number of rotatable bonds is 6. The van der Waals surface area contributed by atoms with E-state index in [-0.39, 0.29) is 17.9 Å². The molecule has 1 atom stereocenters. The maximum atomic E-state index is 13.2. The Morgan fingerprint density at radius 2 is 1.67 bits per heavy atom. The number of benzene rings is 3. The quantitative estimate of drug-likeness (QED) is 0.349. The number of likely N-dealkylation sites (tertiary alicyclic amines) is 1. The van der Waals surface area contributed by atoms with Crippen molar-refractivity contribution in [3.8, 4) is 5.75 Å². The summed E-state index contributed by atoms with van der Waals surface area (Å²) in [6.07, 6.45) is 0. The molecule has 0 aliphatic carbocycles. The van der Waals surface area contributed by atoms with E-state index in [9.17, 15) is 14.7 Å². The zero-order chi connectivity index (χ0) is 23.5. The molecule has 1 fully saturated rings. The molecule has 6 nitrogen and oxygen atoms in total. The lowest BCUT2D eigenvalue weighted by Crippen LogP contribution is -2.29.